The number of aromatic nitrogens is 2. The van der Waals surface area contributed by atoms with Crippen molar-refractivity contribution in [1.29, 1.82) is 0 Å². The summed E-state index contributed by atoms with van der Waals surface area (Å²) >= 11 is 0. The van der Waals surface area contributed by atoms with Crippen LogP contribution in [0.1, 0.15) is 43.8 Å². The number of aryl methyl sites for hydroxylation is 2. The van der Waals surface area contributed by atoms with Crippen molar-refractivity contribution in [2.24, 2.45) is 5.73 Å². The van der Waals surface area contributed by atoms with Crippen molar-refractivity contribution in [2.75, 3.05) is 6.61 Å². The van der Waals surface area contributed by atoms with E-state index < -0.39 is 0 Å². The molecule has 0 fully saturated rings. The summed E-state index contributed by atoms with van der Waals surface area (Å²) in [5.74, 6) is 0. The van der Waals surface area contributed by atoms with E-state index in [1.807, 2.05) is 26.8 Å². The van der Waals surface area contributed by atoms with E-state index in [0.29, 0.717) is 6.61 Å². The Morgan fingerprint density at radius 2 is 2.06 bits per heavy atom. The molecule has 1 aromatic rings. The molecule has 0 aromatic carbocycles. The van der Waals surface area contributed by atoms with Crippen molar-refractivity contribution in [3.8, 4) is 0 Å². The number of ether oxygens (including phenoxy) is 1. The second-order valence-corrected chi connectivity index (χ2v) is 4.23. The van der Waals surface area contributed by atoms with E-state index in [0.717, 1.165) is 23.4 Å². The van der Waals surface area contributed by atoms with E-state index >= 15 is 0 Å². The molecule has 0 saturated heterocycles. The van der Waals surface area contributed by atoms with E-state index in [2.05, 4.69) is 17.1 Å². The molecule has 1 rings (SSSR count). The van der Waals surface area contributed by atoms with Crippen LogP contribution in [-0.4, -0.2) is 22.9 Å². The van der Waals surface area contributed by atoms with Crippen LogP contribution in [0.2, 0.25) is 0 Å². The van der Waals surface area contributed by atoms with Gasteiger partial charge in [0.2, 0.25) is 0 Å². The van der Waals surface area contributed by atoms with Gasteiger partial charge in [0.25, 0.3) is 0 Å². The zero-order chi connectivity index (χ0) is 12.1. The van der Waals surface area contributed by atoms with Crippen LogP contribution in [0.5, 0.6) is 0 Å². The predicted molar refractivity (Wildman–Crippen MR) is 64.2 cm³/mol. The fourth-order valence-electron chi connectivity index (χ4n) is 1.52. The van der Waals surface area contributed by atoms with Gasteiger partial charge in [-0.1, -0.05) is 6.92 Å². The lowest BCUT2D eigenvalue weighted by molar-refractivity contribution is 0.0680. The lowest BCUT2D eigenvalue weighted by atomic mass is 10.0. The van der Waals surface area contributed by atoms with Crippen LogP contribution in [0, 0.1) is 6.92 Å². The van der Waals surface area contributed by atoms with E-state index in [1.54, 1.807) is 0 Å². The van der Waals surface area contributed by atoms with Gasteiger partial charge in [-0.05, 0) is 38.8 Å². The summed E-state index contributed by atoms with van der Waals surface area (Å²) in [5.41, 5.74) is 9.01. The summed E-state index contributed by atoms with van der Waals surface area (Å²) in [5, 5.41) is 8.20. The molecule has 1 unspecified atom stereocenters. The second-order valence-electron chi connectivity index (χ2n) is 4.23. The van der Waals surface area contributed by atoms with Crippen molar-refractivity contribution in [3.05, 3.63) is 23.0 Å². The van der Waals surface area contributed by atoms with Crippen LogP contribution >= 0.6 is 0 Å². The quantitative estimate of drug-likeness (QED) is 0.826. The fraction of sp³-hybridized carbons (Fsp3) is 0.667. The number of nitrogens with two attached hydrogens (primary N) is 1. The standard InChI is InChI=1S/C12H21N3O/c1-5-12-10(6-9(4)14-15-12)11(13)7-16-8(2)3/h6,8,11H,5,7,13H2,1-4H3. The second kappa shape index (κ2) is 5.92. The van der Waals surface area contributed by atoms with E-state index in [4.69, 9.17) is 10.5 Å². The van der Waals surface area contributed by atoms with Gasteiger partial charge in [0.15, 0.2) is 0 Å². The van der Waals surface area contributed by atoms with Crippen molar-refractivity contribution < 1.29 is 4.74 Å². The lowest BCUT2D eigenvalue weighted by Crippen LogP contribution is -2.22. The van der Waals surface area contributed by atoms with Gasteiger partial charge < -0.3 is 10.5 Å². The molecule has 0 spiro atoms. The van der Waals surface area contributed by atoms with E-state index in [1.165, 1.54) is 0 Å². The first-order valence-corrected chi connectivity index (χ1v) is 5.74. The van der Waals surface area contributed by atoms with E-state index in [-0.39, 0.29) is 12.1 Å². The molecular weight excluding hydrogens is 202 g/mol. The Hall–Kier alpha value is -1.00. The maximum Gasteiger partial charge on any atom is 0.0677 e. The highest BCUT2D eigenvalue weighted by Crippen LogP contribution is 2.16. The van der Waals surface area contributed by atoms with Gasteiger partial charge >= 0.3 is 0 Å². The zero-order valence-corrected chi connectivity index (χ0v) is 10.5. The van der Waals surface area contributed by atoms with Crippen LogP contribution in [0.25, 0.3) is 0 Å². The SMILES string of the molecule is CCc1nnc(C)cc1C(N)COC(C)C. The zero-order valence-electron chi connectivity index (χ0n) is 10.5. The highest BCUT2D eigenvalue weighted by molar-refractivity contribution is 5.24. The first-order valence-electron chi connectivity index (χ1n) is 5.74. The summed E-state index contributed by atoms with van der Waals surface area (Å²) in [6, 6.07) is 1.88. The Morgan fingerprint density at radius 3 is 2.62 bits per heavy atom. The number of nitrogens with zero attached hydrogens (tertiary/aromatic N) is 2. The molecular formula is C12H21N3O. The highest BCUT2D eigenvalue weighted by Gasteiger charge is 2.13. The van der Waals surface area contributed by atoms with Gasteiger partial charge in [-0.25, -0.2) is 0 Å². The third kappa shape index (κ3) is 3.54. The van der Waals surface area contributed by atoms with Crippen LogP contribution in [0.3, 0.4) is 0 Å². The highest BCUT2D eigenvalue weighted by atomic mass is 16.5. The monoisotopic (exact) mass is 223 g/mol. The van der Waals surface area contributed by atoms with Gasteiger partial charge in [-0.2, -0.15) is 10.2 Å². The molecule has 0 aliphatic heterocycles. The van der Waals surface area contributed by atoms with Crippen LogP contribution in [-0.2, 0) is 11.2 Å². The molecule has 4 nitrogen and oxygen atoms in total. The molecule has 2 N–H and O–H groups in total. The molecule has 1 aromatic heterocycles. The van der Waals surface area contributed by atoms with Crippen molar-refractivity contribution in [3.63, 3.8) is 0 Å². The molecule has 0 bridgehead atoms. The van der Waals surface area contributed by atoms with Crippen molar-refractivity contribution in [1.82, 2.24) is 10.2 Å². The Bertz CT molecular complexity index is 339. The predicted octanol–water partition coefficient (Wildman–Crippen LogP) is 1.77. The number of rotatable bonds is 5. The molecule has 0 radical (unpaired) electrons. The number of hydrogen-bond donors (Lipinski definition) is 1. The van der Waals surface area contributed by atoms with Gasteiger partial charge in [-0.15, -0.1) is 0 Å². The van der Waals surface area contributed by atoms with Crippen LogP contribution in [0.15, 0.2) is 6.07 Å². The Labute approximate surface area is 97.2 Å². The maximum atomic E-state index is 6.10. The van der Waals surface area contributed by atoms with Gasteiger partial charge in [0.1, 0.15) is 0 Å². The van der Waals surface area contributed by atoms with Gasteiger partial charge in [-0.3, -0.25) is 0 Å². The number of hydrogen-bond acceptors (Lipinski definition) is 4. The molecule has 4 heteroatoms. The largest absolute Gasteiger partial charge is 0.377 e. The molecule has 0 aliphatic rings. The van der Waals surface area contributed by atoms with Crippen molar-refractivity contribution >= 4 is 0 Å². The molecule has 1 heterocycles. The normalized spacial score (nSPS) is 13.1. The van der Waals surface area contributed by atoms with Crippen LogP contribution in [0.4, 0.5) is 0 Å². The first-order chi connectivity index (χ1) is 7.54. The topological polar surface area (TPSA) is 61.0 Å². The molecule has 0 aliphatic carbocycles. The van der Waals surface area contributed by atoms with Crippen LogP contribution < -0.4 is 5.73 Å². The summed E-state index contributed by atoms with van der Waals surface area (Å²) in [6.07, 6.45) is 1.05. The average molecular weight is 223 g/mol. The Morgan fingerprint density at radius 1 is 1.38 bits per heavy atom. The Kier molecular flexibility index (Phi) is 4.83. The molecule has 90 valence electrons. The summed E-state index contributed by atoms with van der Waals surface area (Å²) in [6.45, 7) is 8.51. The van der Waals surface area contributed by atoms with Crippen molar-refractivity contribution in [2.45, 2.75) is 46.3 Å². The van der Waals surface area contributed by atoms with Gasteiger partial charge in [0, 0.05) is 0 Å². The molecule has 1 atom stereocenters. The minimum atomic E-state index is -0.119. The molecule has 0 saturated carbocycles. The Balaban J connectivity index is 2.80. The first kappa shape index (κ1) is 13.1. The summed E-state index contributed by atoms with van der Waals surface area (Å²) in [4.78, 5) is 0. The minimum Gasteiger partial charge on any atom is -0.377 e. The lowest BCUT2D eigenvalue weighted by Gasteiger charge is -2.17. The summed E-state index contributed by atoms with van der Waals surface area (Å²) in [7, 11) is 0. The summed E-state index contributed by atoms with van der Waals surface area (Å²) < 4.78 is 5.52. The molecule has 0 amide bonds. The average Bonchev–Trinajstić information content (AvgIpc) is 2.25. The van der Waals surface area contributed by atoms with Gasteiger partial charge in [0.05, 0.1) is 30.1 Å². The third-order valence-corrected chi connectivity index (χ3v) is 2.37. The molecule has 16 heavy (non-hydrogen) atoms. The fourth-order valence-corrected chi connectivity index (χ4v) is 1.52. The minimum absolute atomic E-state index is 0.119. The maximum absolute atomic E-state index is 6.10. The van der Waals surface area contributed by atoms with E-state index in [9.17, 15) is 0 Å². The smallest absolute Gasteiger partial charge is 0.0677 e. The third-order valence-electron chi connectivity index (χ3n) is 2.37.